The van der Waals surface area contributed by atoms with Crippen molar-refractivity contribution in [2.45, 2.75) is 6.92 Å². The van der Waals surface area contributed by atoms with Crippen molar-refractivity contribution in [3.63, 3.8) is 0 Å². The molecule has 50 valence electrons. The molecule has 9 heavy (non-hydrogen) atoms. The van der Waals surface area contributed by atoms with Crippen LogP contribution in [0.2, 0.25) is 0 Å². The van der Waals surface area contributed by atoms with E-state index in [2.05, 4.69) is 10.5 Å². The fourth-order valence-electron chi connectivity index (χ4n) is 0.269. The third-order valence-corrected chi connectivity index (χ3v) is 0.504. The molecule has 0 aliphatic rings. The summed E-state index contributed by atoms with van der Waals surface area (Å²) < 4.78 is 3.90. The Bertz CT molecular complexity index is 150. The molecule has 0 fully saturated rings. The number of hydrogen-bond donors (Lipinski definition) is 1. The molecule has 0 bridgehead atoms. The van der Waals surface area contributed by atoms with E-state index in [-0.39, 0.29) is 0 Å². The summed E-state index contributed by atoms with van der Waals surface area (Å²) in [4.78, 5) is 20.1. The van der Waals surface area contributed by atoms with Crippen molar-refractivity contribution in [2.75, 3.05) is 0 Å². The van der Waals surface area contributed by atoms with Gasteiger partial charge >= 0.3 is 12.1 Å². The lowest BCUT2D eigenvalue weighted by atomic mass is 10.5. The number of ether oxygens (including phenoxy) is 1. The summed E-state index contributed by atoms with van der Waals surface area (Å²) in [6, 6.07) is 0. The fourth-order valence-corrected chi connectivity index (χ4v) is 0.269. The average Bonchev–Trinajstić information content (AvgIpc) is 1.63. The second kappa shape index (κ2) is 3.65. The Labute approximate surface area is 52.3 Å². The van der Waals surface area contributed by atoms with Crippen LogP contribution in [0.4, 0.5) is 4.79 Å². The minimum atomic E-state index is -1.09. The summed E-state index contributed by atoms with van der Waals surface area (Å²) in [5.41, 5.74) is 4.51. The van der Waals surface area contributed by atoms with Crippen LogP contribution in [-0.2, 0) is 9.53 Å². The second-order valence-corrected chi connectivity index (χ2v) is 1.24. The minimum Gasteiger partial charge on any atom is -0.373 e. The predicted octanol–water partition coefficient (Wildman–Crippen LogP) is 0.184. The van der Waals surface area contributed by atoms with E-state index < -0.39 is 12.1 Å². The first kappa shape index (κ1) is 7.68. The van der Waals surface area contributed by atoms with Crippen LogP contribution in [0.1, 0.15) is 6.92 Å². The highest BCUT2D eigenvalue weighted by Gasteiger charge is 1.98. The number of rotatable bonds is 1. The molecule has 0 aromatic rings. The van der Waals surface area contributed by atoms with Crippen LogP contribution in [0, 0.1) is 0 Å². The number of hydrogen-bond acceptors (Lipinski definition) is 3. The highest BCUT2D eigenvalue weighted by Crippen LogP contribution is 1.79. The van der Waals surface area contributed by atoms with Gasteiger partial charge < -0.3 is 10.5 Å². The smallest absolute Gasteiger partial charge is 0.373 e. The minimum absolute atomic E-state index is 0.745. The molecule has 4 nitrogen and oxygen atoms in total. The van der Waals surface area contributed by atoms with Gasteiger partial charge in [0.1, 0.15) is 0 Å². The summed E-state index contributed by atoms with van der Waals surface area (Å²) in [5.74, 6) is -0.745. The van der Waals surface area contributed by atoms with E-state index >= 15 is 0 Å². The van der Waals surface area contributed by atoms with Crippen molar-refractivity contribution in [3.05, 3.63) is 12.2 Å². The first-order valence-electron chi connectivity index (χ1n) is 2.30. The molecule has 1 amide bonds. The maximum Gasteiger partial charge on any atom is 0.412 e. The number of esters is 1. The van der Waals surface area contributed by atoms with Crippen LogP contribution in [0.25, 0.3) is 0 Å². The lowest BCUT2D eigenvalue weighted by Crippen LogP contribution is -2.16. The standard InChI is InChI=1S/C5H7NO3/c1-2-3-4(7)9-5(6)8/h2-3H,1H3,(H2,6,8). The zero-order valence-electron chi connectivity index (χ0n) is 4.96. The van der Waals surface area contributed by atoms with Crippen LogP contribution in [0.5, 0.6) is 0 Å². The molecule has 4 heteroatoms. The van der Waals surface area contributed by atoms with Gasteiger partial charge in [-0.3, -0.25) is 0 Å². The molecule has 0 atom stereocenters. The third-order valence-electron chi connectivity index (χ3n) is 0.504. The zero-order valence-corrected chi connectivity index (χ0v) is 4.96. The number of carbonyl (C=O) groups excluding carboxylic acids is 2. The van der Waals surface area contributed by atoms with Crippen molar-refractivity contribution in [3.8, 4) is 0 Å². The van der Waals surface area contributed by atoms with E-state index in [1.165, 1.54) is 6.08 Å². The number of nitrogens with two attached hydrogens (primary N) is 1. The van der Waals surface area contributed by atoms with Gasteiger partial charge in [-0.15, -0.1) is 0 Å². The molecule has 0 saturated carbocycles. The predicted molar refractivity (Wildman–Crippen MR) is 30.5 cm³/mol. The van der Waals surface area contributed by atoms with Gasteiger partial charge in [0.15, 0.2) is 0 Å². The largest absolute Gasteiger partial charge is 0.412 e. The first-order chi connectivity index (χ1) is 4.16. The SMILES string of the molecule is CC=CC(=O)OC(N)=O. The van der Waals surface area contributed by atoms with Gasteiger partial charge in [0.2, 0.25) is 0 Å². The molecular weight excluding hydrogens is 122 g/mol. The van der Waals surface area contributed by atoms with E-state index in [4.69, 9.17) is 0 Å². The van der Waals surface area contributed by atoms with Crippen molar-refractivity contribution >= 4 is 12.1 Å². The monoisotopic (exact) mass is 129 g/mol. The Hall–Kier alpha value is -1.32. The van der Waals surface area contributed by atoms with Crippen LogP contribution in [-0.4, -0.2) is 12.1 Å². The second-order valence-electron chi connectivity index (χ2n) is 1.24. The number of primary amides is 1. The molecule has 0 saturated heterocycles. The summed E-state index contributed by atoms with van der Waals surface area (Å²) >= 11 is 0. The molecule has 0 radical (unpaired) electrons. The molecule has 0 spiro atoms. The highest BCUT2D eigenvalue weighted by atomic mass is 16.6. The van der Waals surface area contributed by atoms with E-state index in [1.807, 2.05) is 0 Å². The number of allylic oxidation sites excluding steroid dienone is 1. The van der Waals surface area contributed by atoms with E-state index in [9.17, 15) is 9.59 Å². The quantitative estimate of drug-likeness (QED) is 0.312. The fraction of sp³-hybridized carbons (Fsp3) is 0.200. The van der Waals surface area contributed by atoms with Gasteiger partial charge in [0.05, 0.1) is 0 Å². The van der Waals surface area contributed by atoms with Crippen molar-refractivity contribution in [1.82, 2.24) is 0 Å². The average molecular weight is 129 g/mol. The Kier molecular flexibility index (Phi) is 3.12. The van der Waals surface area contributed by atoms with Gasteiger partial charge in [-0.25, -0.2) is 9.59 Å². The lowest BCUT2D eigenvalue weighted by Gasteiger charge is -1.89. The third kappa shape index (κ3) is 4.53. The van der Waals surface area contributed by atoms with Gasteiger partial charge in [-0.2, -0.15) is 0 Å². The molecular formula is C5H7NO3. The maximum absolute atomic E-state index is 10.2. The first-order valence-corrected chi connectivity index (χ1v) is 2.30. The Morgan fingerprint density at radius 2 is 2.11 bits per heavy atom. The van der Waals surface area contributed by atoms with Crippen molar-refractivity contribution < 1.29 is 14.3 Å². The van der Waals surface area contributed by atoms with E-state index in [1.54, 1.807) is 6.92 Å². The zero-order chi connectivity index (χ0) is 7.28. The van der Waals surface area contributed by atoms with Crippen molar-refractivity contribution in [2.24, 2.45) is 5.73 Å². The summed E-state index contributed by atoms with van der Waals surface area (Å²) in [7, 11) is 0. The molecule has 0 aliphatic carbocycles. The Balaban J connectivity index is 3.64. The summed E-state index contributed by atoms with van der Waals surface area (Å²) in [6.45, 7) is 1.63. The van der Waals surface area contributed by atoms with Gasteiger partial charge in [-0.05, 0) is 6.92 Å². The highest BCUT2D eigenvalue weighted by molar-refractivity contribution is 5.90. The summed E-state index contributed by atoms with van der Waals surface area (Å²) in [6.07, 6.45) is 1.47. The van der Waals surface area contributed by atoms with E-state index in [0.29, 0.717) is 0 Å². The Morgan fingerprint density at radius 3 is 2.44 bits per heavy atom. The van der Waals surface area contributed by atoms with Crippen LogP contribution in [0.3, 0.4) is 0 Å². The lowest BCUT2D eigenvalue weighted by molar-refractivity contribution is -0.131. The molecule has 0 rings (SSSR count). The number of amides is 1. The molecule has 0 aliphatic heterocycles. The molecule has 0 aromatic carbocycles. The van der Waals surface area contributed by atoms with Gasteiger partial charge in [-0.1, -0.05) is 6.08 Å². The molecule has 0 heterocycles. The van der Waals surface area contributed by atoms with Crippen LogP contribution in [0.15, 0.2) is 12.2 Å². The van der Waals surface area contributed by atoms with Crippen molar-refractivity contribution in [1.29, 1.82) is 0 Å². The van der Waals surface area contributed by atoms with Crippen LogP contribution >= 0.6 is 0 Å². The van der Waals surface area contributed by atoms with Crippen LogP contribution < -0.4 is 5.73 Å². The maximum atomic E-state index is 10.2. The van der Waals surface area contributed by atoms with E-state index in [0.717, 1.165) is 6.08 Å². The number of carbonyl (C=O) groups is 2. The topological polar surface area (TPSA) is 69.4 Å². The molecule has 0 aromatic heterocycles. The normalized spacial score (nSPS) is 9.44. The van der Waals surface area contributed by atoms with Gasteiger partial charge in [0.25, 0.3) is 0 Å². The molecule has 0 unspecified atom stereocenters. The Morgan fingerprint density at radius 1 is 1.56 bits per heavy atom. The summed E-state index contributed by atoms with van der Waals surface area (Å²) in [5, 5.41) is 0. The van der Waals surface area contributed by atoms with Gasteiger partial charge in [0, 0.05) is 6.08 Å². The molecule has 2 N–H and O–H groups in total.